The van der Waals surface area contributed by atoms with Crippen molar-refractivity contribution in [3.63, 3.8) is 0 Å². The van der Waals surface area contributed by atoms with Gasteiger partial charge in [-0.2, -0.15) is 0 Å². The number of ether oxygens (including phenoxy) is 1. The van der Waals surface area contributed by atoms with E-state index in [0.717, 1.165) is 0 Å². The number of carbonyl (C=O) groups excluding carboxylic acids is 1. The fourth-order valence-electron chi connectivity index (χ4n) is 1.40. The Morgan fingerprint density at radius 3 is 2.44 bits per heavy atom. The minimum Gasteiger partial charge on any atom is -0.481 e. The van der Waals surface area contributed by atoms with Crippen molar-refractivity contribution in [1.82, 2.24) is 0 Å². The molecule has 1 aromatic carbocycles. The van der Waals surface area contributed by atoms with E-state index in [1.807, 2.05) is 6.07 Å². The van der Waals surface area contributed by atoms with Gasteiger partial charge in [0.25, 0.3) is 0 Å². The standard InChI is InChI=1S/C12H14O4/c1-16-10(7-8-11(13)14)12(15)9-5-3-2-4-6-9/h2-6,10H,7-8H2,1H3,(H,13,14). The first-order valence-corrected chi connectivity index (χ1v) is 4.99. The van der Waals surface area contributed by atoms with Gasteiger partial charge in [-0.15, -0.1) is 0 Å². The quantitative estimate of drug-likeness (QED) is 0.745. The Labute approximate surface area is 93.9 Å². The van der Waals surface area contributed by atoms with Gasteiger partial charge in [0.1, 0.15) is 6.10 Å². The molecule has 0 saturated carbocycles. The van der Waals surface area contributed by atoms with Crippen molar-refractivity contribution < 1.29 is 19.4 Å². The normalized spacial score (nSPS) is 12.1. The Bertz CT molecular complexity index is 359. The second-order valence-corrected chi connectivity index (χ2v) is 3.39. The van der Waals surface area contributed by atoms with Gasteiger partial charge in [0.05, 0.1) is 0 Å². The summed E-state index contributed by atoms with van der Waals surface area (Å²) in [4.78, 5) is 22.3. The number of methoxy groups -OCH3 is 1. The second kappa shape index (κ2) is 6.02. The third kappa shape index (κ3) is 3.47. The number of carboxylic acids is 1. The van der Waals surface area contributed by atoms with Gasteiger partial charge in [-0.3, -0.25) is 9.59 Å². The predicted octanol–water partition coefficient (Wildman–Crippen LogP) is 1.75. The topological polar surface area (TPSA) is 63.6 Å². The third-order valence-corrected chi connectivity index (χ3v) is 2.26. The molecule has 86 valence electrons. The van der Waals surface area contributed by atoms with E-state index in [1.165, 1.54) is 7.11 Å². The summed E-state index contributed by atoms with van der Waals surface area (Å²) in [5.74, 6) is -1.10. The fourth-order valence-corrected chi connectivity index (χ4v) is 1.40. The van der Waals surface area contributed by atoms with Crippen molar-refractivity contribution >= 4 is 11.8 Å². The SMILES string of the molecule is COC(CCC(=O)O)C(=O)c1ccccc1. The number of ketones is 1. The monoisotopic (exact) mass is 222 g/mol. The molecule has 0 aliphatic carbocycles. The molecule has 0 amide bonds. The van der Waals surface area contributed by atoms with Crippen LogP contribution >= 0.6 is 0 Å². The van der Waals surface area contributed by atoms with Crippen LogP contribution in [0.15, 0.2) is 30.3 Å². The summed E-state index contributed by atoms with van der Waals surface area (Å²) >= 11 is 0. The van der Waals surface area contributed by atoms with Crippen molar-refractivity contribution in [1.29, 1.82) is 0 Å². The lowest BCUT2D eigenvalue weighted by Gasteiger charge is -2.12. The first-order valence-electron chi connectivity index (χ1n) is 4.99. The zero-order valence-electron chi connectivity index (χ0n) is 9.05. The average Bonchev–Trinajstić information content (AvgIpc) is 2.30. The summed E-state index contributed by atoms with van der Waals surface area (Å²) in [5.41, 5.74) is 0.541. The molecular weight excluding hydrogens is 208 g/mol. The molecule has 0 spiro atoms. The first-order chi connectivity index (χ1) is 7.65. The number of aliphatic carboxylic acids is 1. The Balaban J connectivity index is 2.66. The van der Waals surface area contributed by atoms with Gasteiger partial charge >= 0.3 is 5.97 Å². The Morgan fingerprint density at radius 2 is 1.94 bits per heavy atom. The van der Waals surface area contributed by atoms with Crippen LogP contribution in [0.2, 0.25) is 0 Å². The van der Waals surface area contributed by atoms with E-state index in [-0.39, 0.29) is 18.6 Å². The van der Waals surface area contributed by atoms with Crippen LogP contribution in [0, 0.1) is 0 Å². The van der Waals surface area contributed by atoms with Crippen LogP contribution in [-0.2, 0) is 9.53 Å². The van der Waals surface area contributed by atoms with Gasteiger partial charge in [0, 0.05) is 19.1 Å². The molecule has 0 radical (unpaired) electrons. The summed E-state index contributed by atoms with van der Waals surface area (Å²) < 4.78 is 5.00. The van der Waals surface area contributed by atoms with Crippen LogP contribution in [0.4, 0.5) is 0 Å². The van der Waals surface area contributed by atoms with Crippen LogP contribution in [-0.4, -0.2) is 30.1 Å². The van der Waals surface area contributed by atoms with Crippen LogP contribution in [0.25, 0.3) is 0 Å². The van der Waals surface area contributed by atoms with Crippen molar-refractivity contribution in [2.75, 3.05) is 7.11 Å². The number of hydrogen-bond acceptors (Lipinski definition) is 3. The van der Waals surface area contributed by atoms with Crippen LogP contribution in [0.1, 0.15) is 23.2 Å². The van der Waals surface area contributed by atoms with Crippen molar-refractivity contribution in [2.24, 2.45) is 0 Å². The molecule has 0 aliphatic heterocycles. The molecule has 16 heavy (non-hydrogen) atoms. The van der Waals surface area contributed by atoms with Gasteiger partial charge in [-0.1, -0.05) is 30.3 Å². The molecule has 4 nitrogen and oxygen atoms in total. The van der Waals surface area contributed by atoms with Gasteiger partial charge in [-0.05, 0) is 6.42 Å². The highest BCUT2D eigenvalue weighted by Crippen LogP contribution is 2.10. The maximum Gasteiger partial charge on any atom is 0.303 e. The maximum absolute atomic E-state index is 11.9. The molecule has 0 saturated heterocycles. The summed E-state index contributed by atoms with van der Waals surface area (Å²) in [7, 11) is 1.41. The largest absolute Gasteiger partial charge is 0.481 e. The molecule has 4 heteroatoms. The van der Waals surface area contributed by atoms with Crippen LogP contribution in [0.5, 0.6) is 0 Å². The van der Waals surface area contributed by atoms with Crippen molar-refractivity contribution in [3.8, 4) is 0 Å². The van der Waals surface area contributed by atoms with Crippen molar-refractivity contribution in [2.45, 2.75) is 18.9 Å². The lowest BCUT2D eigenvalue weighted by molar-refractivity contribution is -0.137. The molecule has 0 bridgehead atoms. The molecule has 1 atom stereocenters. The number of carboxylic acid groups (broad SMARTS) is 1. The van der Waals surface area contributed by atoms with Crippen molar-refractivity contribution in [3.05, 3.63) is 35.9 Å². The van der Waals surface area contributed by atoms with E-state index in [1.54, 1.807) is 24.3 Å². The highest BCUT2D eigenvalue weighted by atomic mass is 16.5. The first kappa shape index (κ1) is 12.4. The summed E-state index contributed by atoms with van der Waals surface area (Å²) in [6.07, 6.45) is -0.560. The van der Waals surface area contributed by atoms with Crippen LogP contribution < -0.4 is 0 Å². The van der Waals surface area contributed by atoms with Gasteiger partial charge in [-0.25, -0.2) is 0 Å². The summed E-state index contributed by atoms with van der Waals surface area (Å²) in [5, 5.41) is 8.54. The van der Waals surface area contributed by atoms with Gasteiger partial charge in [0.15, 0.2) is 5.78 Å². The fraction of sp³-hybridized carbons (Fsp3) is 0.333. The number of hydrogen-bond donors (Lipinski definition) is 1. The highest BCUT2D eigenvalue weighted by molar-refractivity contribution is 5.99. The smallest absolute Gasteiger partial charge is 0.303 e. The lowest BCUT2D eigenvalue weighted by atomic mass is 10.0. The number of benzene rings is 1. The van der Waals surface area contributed by atoms with E-state index >= 15 is 0 Å². The maximum atomic E-state index is 11.9. The molecule has 1 N–H and O–H groups in total. The predicted molar refractivity (Wildman–Crippen MR) is 58.4 cm³/mol. The van der Waals surface area contributed by atoms with E-state index in [0.29, 0.717) is 5.56 Å². The van der Waals surface area contributed by atoms with Crippen LogP contribution in [0.3, 0.4) is 0 Å². The number of carbonyl (C=O) groups is 2. The average molecular weight is 222 g/mol. The van der Waals surface area contributed by atoms with Gasteiger partial charge < -0.3 is 9.84 Å². The molecule has 0 aromatic heterocycles. The van der Waals surface area contributed by atoms with Gasteiger partial charge in [0.2, 0.25) is 0 Å². The highest BCUT2D eigenvalue weighted by Gasteiger charge is 2.19. The Hall–Kier alpha value is -1.68. The second-order valence-electron chi connectivity index (χ2n) is 3.39. The molecule has 1 unspecified atom stereocenters. The minimum absolute atomic E-state index is 0.0723. The molecule has 0 heterocycles. The summed E-state index contributed by atoms with van der Waals surface area (Å²) in [6, 6.07) is 8.72. The number of Topliss-reactive ketones (excluding diaryl/α,β-unsaturated/α-hetero) is 1. The third-order valence-electron chi connectivity index (χ3n) is 2.26. The number of rotatable bonds is 6. The van der Waals surface area contributed by atoms with E-state index in [2.05, 4.69) is 0 Å². The molecule has 1 rings (SSSR count). The molecule has 1 aromatic rings. The Morgan fingerprint density at radius 1 is 1.31 bits per heavy atom. The lowest BCUT2D eigenvalue weighted by Crippen LogP contribution is -2.24. The molecular formula is C12H14O4. The molecule has 0 aliphatic rings. The summed E-state index contributed by atoms with van der Waals surface area (Å²) in [6.45, 7) is 0. The van der Waals surface area contributed by atoms with E-state index in [9.17, 15) is 9.59 Å². The minimum atomic E-state index is -0.928. The van der Waals surface area contributed by atoms with E-state index < -0.39 is 12.1 Å². The molecule has 0 fully saturated rings. The van der Waals surface area contributed by atoms with E-state index in [4.69, 9.17) is 9.84 Å². The zero-order valence-corrected chi connectivity index (χ0v) is 9.05. The zero-order chi connectivity index (χ0) is 12.0. The Kier molecular flexibility index (Phi) is 4.66.